The zero-order valence-electron chi connectivity index (χ0n) is 12.6. The average Bonchev–Trinajstić information content (AvgIpc) is 2.90. The molecule has 22 heavy (non-hydrogen) atoms. The van der Waals surface area contributed by atoms with Gasteiger partial charge in [0.2, 0.25) is 0 Å². The van der Waals surface area contributed by atoms with Crippen molar-refractivity contribution in [3.63, 3.8) is 0 Å². The Morgan fingerprint density at radius 2 is 2.18 bits per heavy atom. The average molecular weight is 291 g/mol. The van der Waals surface area contributed by atoms with Crippen LogP contribution in [0.4, 0.5) is 0 Å². The van der Waals surface area contributed by atoms with Gasteiger partial charge in [0.05, 0.1) is 6.61 Å². The molecule has 0 fully saturated rings. The smallest absolute Gasteiger partial charge is 0.348 e. The first-order chi connectivity index (χ1) is 10.7. The lowest BCUT2D eigenvalue weighted by atomic mass is 9.97. The van der Waals surface area contributed by atoms with E-state index >= 15 is 0 Å². The zero-order chi connectivity index (χ0) is 15.5. The highest BCUT2D eigenvalue weighted by atomic mass is 16.5. The number of allylic oxidation sites excluding steroid dienone is 4. The van der Waals surface area contributed by atoms with Gasteiger partial charge in [0.25, 0.3) is 0 Å². The van der Waals surface area contributed by atoms with E-state index in [0.717, 1.165) is 24.8 Å². The molecule has 0 aliphatic heterocycles. The number of fused-ring (bicyclic) bond motifs is 3. The minimum Gasteiger partial charge on any atom is -0.462 e. The lowest BCUT2D eigenvalue weighted by molar-refractivity contribution is -0.137. The molecule has 0 amide bonds. The summed E-state index contributed by atoms with van der Waals surface area (Å²) < 4.78 is 4.89. The first-order valence-corrected chi connectivity index (χ1v) is 7.54. The van der Waals surface area contributed by atoms with E-state index in [4.69, 9.17) is 10.00 Å². The highest BCUT2D eigenvalue weighted by Gasteiger charge is 2.22. The fourth-order valence-corrected chi connectivity index (χ4v) is 3.01. The molecule has 1 aromatic rings. The van der Waals surface area contributed by atoms with Crippen molar-refractivity contribution in [2.75, 3.05) is 6.61 Å². The molecule has 3 heteroatoms. The largest absolute Gasteiger partial charge is 0.462 e. The summed E-state index contributed by atoms with van der Waals surface area (Å²) in [4.78, 5) is 11.7. The Balaban J connectivity index is 1.93. The van der Waals surface area contributed by atoms with E-state index in [9.17, 15) is 4.79 Å². The van der Waals surface area contributed by atoms with Crippen LogP contribution in [-0.2, 0) is 16.0 Å². The second-order valence-electron chi connectivity index (χ2n) is 5.41. The van der Waals surface area contributed by atoms with E-state index in [1.165, 1.54) is 22.3 Å². The minimum atomic E-state index is -0.565. The Kier molecular flexibility index (Phi) is 3.93. The van der Waals surface area contributed by atoms with Crippen LogP contribution in [0.3, 0.4) is 0 Å². The lowest BCUT2D eigenvalue weighted by Gasteiger charge is -2.07. The Bertz CT molecular complexity index is 760. The van der Waals surface area contributed by atoms with Gasteiger partial charge in [0, 0.05) is 0 Å². The Labute approximate surface area is 130 Å². The van der Waals surface area contributed by atoms with E-state index in [2.05, 4.69) is 24.3 Å². The van der Waals surface area contributed by atoms with Crippen molar-refractivity contribution in [3.05, 3.63) is 58.2 Å². The molecule has 0 N–H and O–H groups in total. The Morgan fingerprint density at radius 1 is 1.36 bits per heavy atom. The van der Waals surface area contributed by atoms with Crippen molar-refractivity contribution in [2.24, 2.45) is 0 Å². The van der Waals surface area contributed by atoms with Gasteiger partial charge in [0.1, 0.15) is 11.6 Å². The third-order valence-corrected chi connectivity index (χ3v) is 3.98. The number of ether oxygens (including phenoxy) is 1. The number of carbonyl (C=O) groups excluding carboxylic acids is 1. The monoisotopic (exact) mass is 291 g/mol. The van der Waals surface area contributed by atoms with E-state index in [-0.39, 0.29) is 12.2 Å². The van der Waals surface area contributed by atoms with Crippen molar-refractivity contribution in [2.45, 2.75) is 26.2 Å². The molecule has 0 unspecified atom stereocenters. The third-order valence-electron chi connectivity index (χ3n) is 3.98. The number of nitriles is 1. The van der Waals surface area contributed by atoms with Crippen LogP contribution in [0.5, 0.6) is 0 Å². The van der Waals surface area contributed by atoms with Crippen molar-refractivity contribution in [1.29, 1.82) is 5.26 Å². The van der Waals surface area contributed by atoms with Crippen LogP contribution >= 0.6 is 0 Å². The van der Waals surface area contributed by atoms with Gasteiger partial charge in [-0.25, -0.2) is 4.79 Å². The van der Waals surface area contributed by atoms with E-state index in [0.29, 0.717) is 0 Å². The summed E-state index contributed by atoms with van der Waals surface area (Å²) in [6, 6.07) is 8.01. The molecule has 0 aromatic heterocycles. The molecule has 0 saturated heterocycles. The number of nitrogens with zero attached hydrogens (tertiary/aromatic N) is 1. The topological polar surface area (TPSA) is 50.1 Å². The number of esters is 1. The van der Waals surface area contributed by atoms with Crippen molar-refractivity contribution < 1.29 is 9.53 Å². The summed E-state index contributed by atoms with van der Waals surface area (Å²) >= 11 is 0. The molecule has 0 atom stereocenters. The van der Waals surface area contributed by atoms with Crippen LogP contribution in [0, 0.1) is 11.3 Å². The van der Waals surface area contributed by atoms with Crippen molar-refractivity contribution in [3.8, 4) is 6.07 Å². The minimum absolute atomic E-state index is 0.0376. The second-order valence-corrected chi connectivity index (χ2v) is 5.41. The molecule has 3 nitrogen and oxygen atoms in total. The predicted octanol–water partition coefficient (Wildman–Crippen LogP) is 3.82. The normalized spacial score (nSPS) is 16.1. The molecule has 1 aromatic carbocycles. The summed E-state index contributed by atoms with van der Waals surface area (Å²) in [6.07, 6.45) is 9.36. The van der Waals surface area contributed by atoms with E-state index in [1.807, 2.05) is 12.1 Å². The number of hydrogen-bond donors (Lipinski definition) is 0. The summed E-state index contributed by atoms with van der Waals surface area (Å²) in [7, 11) is 0. The fraction of sp³-hybridized carbons (Fsp3) is 0.263. The number of carbonyl (C=O) groups is 1. The summed E-state index contributed by atoms with van der Waals surface area (Å²) in [6.45, 7) is 2.00. The number of rotatable bonds is 3. The van der Waals surface area contributed by atoms with Crippen LogP contribution in [0.1, 0.15) is 36.5 Å². The molecular weight excluding hydrogens is 274 g/mol. The Hall–Kier alpha value is -2.60. The Morgan fingerprint density at radius 3 is 2.95 bits per heavy atom. The van der Waals surface area contributed by atoms with Crippen LogP contribution in [0.25, 0.3) is 11.6 Å². The first-order valence-electron chi connectivity index (χ1n) is 7.54. The van der Waals surface area contributed by atoms with Gasteiger partial charge in [-0.15, -0.1) is 0 Å². The van der Waals surface area contributed by atoms with Gasteiger partial charge in [-0.3, -0.25) is 0 Å². The zero-order valence-corrected chi connectivity index (χ0v) is 12.6. The quantitative estimate of drug-likeness (QED) is 0.483. The number of hydrogen-bond acceptors (Lipinski definition) is 3. The molecule has 3 rings (SSSR count). The SMILES string of the molecule is CCOC(=O)/C(C#N)=C/c1ccc2c(c1)CC1=CCCC=C12. The van der Waals surface area contributed by atoms with Crippen LogP contribution in [0.15, 0.2) is 41.5 Å². The molecule has 0 radical (unpaired) electrons. The van der Waals surface area contributed by atoms with Crippen LogP contribution < -0.4 is 0 Å². The van der Waals surface area contributed by atoms with Crippen molar-refractivity contribution >= 4 is 17.6 Å². The third kappa shape index (κ3) is 2.60. The van der Waals surface area contributed by atoms with Gasteiger partial charge >= 0.3 is 5.97 Å². The lowest BCUT2D eigenvalue weighted by Crippen LogP contribution is -2.06. The van der Waals surface area contributed by atoms with Crippen molar-refractivity contribution in [1.82, 2.24) is 0 Å². The van der Waals surface area contributed by atoms with Crippen LogP contribution in [-0.4, -0.2) is 12.6 Å². The maximum atomic E-state index is 11.7. The highest BCUT2D eigenvalue weighted by molar-refractivity contribution is 5.98. The van der Waals surface area contributed by atoms with Gasteiger partial charge < -0.3 is 4.74 Å². The maximum absolute atomic E-state index is 11.7. The molecule has 2 aliphatic rings. The molecular formula is C19H17NO2. The molecule has 0 bridgehead atoms. The summed E-state index contributed by atoms with van der Waals surface area (Å²) in [5.41, 5.74) is 6.18. The maximum Gasteiger partial charge on any atom is 0.348 e. The predicted molar refractivity (Wildman–Crippen MR) is 85.7 cm³/mol. The van der Waals surface area contributed by atoms with Crippen LogP contribution in [0.2, 0.25) is 0 Å². The van der Waals surface area contributed by atoms with E-state index < -0.39 is 5.97 Å². The standard InChI is InChI=1S/C19H17NO2/c1-2-22-19(21)16(12-20)10-13-7-8-18-15(9-13)11-14-5-3-4-6-17(14)18/h5-10H,2-4,11H2,1H3/b16-10+. The van der Waals surface area contributed by atoms with Gasteiger partial charge in [-0.05, 0) is 60.1 Å². The highest BCUT2D eigenvalue weighted by Crippen LogP contribution is 2.39. The summed E-state index contributed by atoms with van der Waals surface area (Å²) in [5.74, 6) is -0.565. The molecule has 2 aliphatic carbocycles. The van der Waals surface area contributed by atoms with Gasteiger partial charge in [-0.2, -0.15) is 5.26 Å². The molecule has 110 valence electrons. The molecule has 0 heterocycles. The summed E-state index contributed by atoms with van der Waals surface area (Å²) in [5, 5.41) is 9.11. The van der Waals surface area contributed by atoms with Gasteiger partial charge in [0.15, 0.2) is 0 Å². The molecule has 0 spiro atoms. The van der Waals surface area contributed by atoms with E-state index in [1.54, 1.807) is 13.0 Å². The number of benzene rings is 1. The molecule has 0 saturated carbocycles. The fourth-order valence-electron chi connectivity index (χ4n) is 3.01. The van der Waals surface area contributed by atoms with Gasteiger partial charge in [-0.1, -0.05) is 30.4 Å². The first kappa shape index (κ1) is 14.3. The second kappa shape index (κ2) is 6.03.